The molecule has 2 aromatic carbocycles. The quantitative estimate of drug-likeness (QED) is 0.110. The molecule has 0 saturated carbocycles. The van der Waals surface area contributed by atoms with Gasteiger partial charge in [0.15, 0.2) is 5.71 Å². The van der Waals surface area contributed by atoms with Gasteiger partial charge in [0, 0.05) is 52.0 Å². The van der Waals surface area contributed by atoms with Gasteiger partial charge in [-0.1, -0.05) is 79.5 Å². The third kappa shape index (κ3) is 6.95. The monoisotopic (exact) mass is 639 g/mol. The van der Waals surface area contributed by atoms with Gasteiger partial charge in [0.2, 0.25) is 5.69 Å². The van der Waals surface area contributed by atoms with E-state index in [1.54, 1.807) is 0 Å². The third-order valence-corrected chi connectivity index (χ3v) is 9.75. The molecule has 4 rings (SSSR count). The van der Waals surface area contributed by atoms with E-state index in [4.69, 9.17) is 4.55 Å². The maximum atomic E-state index is 11.2. The van der Waals surface area contributed by atoms with Gasteiger partial charge >= 0.3 is 0 Å². The molecule has 220 valence electrons. The molecule has 0 bridgehead atoms. The van der Waals surface area contributed by atoms with Crippen molar-refractivity contribution < 1.29 is 17.5 Å². The van der Waals surface area contributed by atoms with Crippen molar-refractivity contribution in [3.63, 3.8) is 0 Å². The zero-order valence-corrected chi connectivity index (χ0v) is 27.4. The normalized spacial score (nSPS) is 19.0. The van der Waals surface area contributed by atoms with Gasteiger partial charge in [0.1, 0.15) is 6.54 Å². The summed E-state index contributed by atoms with van der Waals surface area (Å²) in [6, 6.07) is 17.2. The fourth-order valence-electron chi connectivity index (χ4n) is 6.21. The van der Waals surface area contributed by atoms with E-state index in [1.165, 1.54) is 41.1 Å². The number of para-hydroxylation sites is 2. The lowest BCUT2D eigenvalue weighted by atomic mass is 9.81. The molecule has 0 atom stereocenters. The number of anilines is 1. The van der Waals surface area contributed by atoms with E-state index in [2.05, 4.69) is 127 Å². The molecule has 2 heterocycles. The van der Waals surface area contributed by atoms with Crippen LogP contribution in [0, 0.1) is 0 Å². The maximum absolute atomic E-state index is 11.2. The second-order valence-electron chi connectivity index (χ2n) is 12.1. The highest BCUT2D eigenvalue weighted by Crippen LogP contribution is 2.47. The number of fused-ring (bicyclic) bond motifs is 2. The van der Waals surface area contributed by atoms with E-state index in [9.17, 15) is 8.42 Å². The lowest BCUT2D eigenvalue weighted by Gasteiger charge is -2.27. The Morgan fingerprint density at radius 1 is 0.951 bits per heavy atom. The van der Waals surface area contributed by atoms with Gasteiger partial charge in [-0.2, -0.15) is 13.0 Å². The van der Waals surface area contributed by atoms with Crippen molar-refractivity contribution in [2.75, 3.05) is 23.7 Å². The molecule has 0 radical (unpaired) electrons. The first-order chi connectivity index (χ1) is 19.4. The number of hydrogen-bond acceptors (Lipinski definition) is 3. The summed E-state index contributed by atoms with van der Waals surface area (Å²) in [4.78, 5) is 2.29. The summed E-state index contributed by atoms with van der Waals surface area (Å²) in [6.45, 7) is 13.0. The Hall–Kier alpha value is -2.48. The number of allylic oxidation sites excluding steroid dienone is 6. The number of nitrogens with zero attached hydrogens (tertiary/aromatic N) is 2. The molecule has 5 nitrogen and oxygen atoms in total. The highest BCUT2D eigenvalue weighted by atomic mass is 79.9. The van der Waals surface area contributed by atoms with Crippen LogP contribution in [0.4, 0.5) is 11.4 Å². The van der Waals surface area contributed by atoms with E-state index < -0.39 is 10.1 Å². The maximum Gasteiger partial charge on any atom is 0.264 e. The summed E-state index contributed by atoms with van der Waals surface area (Å²) in [5.41, 5.74) is 7.27. The average Bonchev–Trinajstić information content (AvgIpc) is 3.27. The van der Waals surface area contributed by atoms with Gasteiger partial charge in [-0.3, -0.25) is 4.55 Å². The summed E-state index contributed by atoms with van der Waals surface area (Å²) >= 11 is 3.81. The van der Waals surface area contributed by atoms with Crippen molar-refractivity contribution in [2.24, 2.45) is 0 Å². The predicted molar refractivity (Wildman–Crippen MR) is 175 cm³/mol. The number of unbranched alkanes of at least 4 members (excludes halogenated alkanes) is 3. The molecule has 0 unspecified atom stereocenters. The Morgan fingerprint density at radius 3 is 2.34 bits per heavy atom. The summed E-state index contributed by atoms with van der Waals surface area (Å²) in [5, 5.41) is 0. The average molecular weight is 641 g/mol. The smallest absolute Gasteiger partial charge is 0.264 e. The zero-order chi connectivity index (χ0) is 29.8. The van der Waals surface area contributed by atoms with Gasteiger partial charge in [-0.25, -0.2) is 0 Å². The Kier molecular flexibility index (Phi) is 9.82. The van der Waals surface area contributed by atoms with Crippen LogP contribution < -0.4 is 4.90 Å². The standard InChI is InChI=1S/C34H43BrN2O3S/c1-6-7-12-23-36-29-17-10-8-15-27(29)33(2,3)31(36)21-19-26(35)20-22-32-34(4,5)28-16-9-11-18-30(28)37(32)24-13-14-25-41(38,39)40/h8-11,15-22H,6-7,12-14,23-25H2,1-5H3/p+1. The largest absolute Gasteiger partial charge is 0.344 e. The zero-order valence-electron chi connectivity index (χ0n) is 25.0. The summed E-state index contributed by atoms with van der Waals surface area (Å²) < 4.78 is 35.1. The van der Waals surface area contributed by atoms with E-state index in [1.807, 2.05) is 6.07 Å². The fourth-order valence-corrected chi connectivity index (χ4v) is 7.04. The molecule has 41 heavy (non-hydrogen) atoms. The first-order valence-corrected chi connectivity index (χ1v) is 17.1. The molecule has 0 saturated heterocycles. The predicted octanol–water partition coefficient (Wildman–Crippen LogP) is 8.44. The Balaban J connectivity index is 1.62. The van der Waals surface area contributed by atoms with Crippen LogP contribution in [0.5, 0.6) is 0 Å². The first kappa shape index (κ1) is 31.5. The molecule has 2 aliphatic rings. The number of hydrogen-bond donors (Lipinski definition) is 1. The van der Waals surface area contributed by atoms with Gasteiger partial charge in [0.25, 0.3) is 10.1 Å². The topological polar surface area (TPSA) is 60.6 Å². The Morgan fingerprint density at radius 2 is 1.63 bits per heavy atom. The molecule has 0 aromatic heterocycles. The van der Waals surface area contributed by atoms with Crippen LogP contribution >= 0.6 is 15.9 Å². The van der Waals surface area contributed by atoms with Gasteiger partial charge < -0.3 is 4.90 Å². The van der Waals surface area contributed by atoms with Crippen molar-refractivity contribution in [3.8, 4) is 0 Å². The van der Waals surface area contributed by atoms with E-state index in [0.29, 0.717) is 19.4 Å². The number of benzene rings is 2. The van der Waals surface area contributed by atoms with Crippen molar-refractivity contribution in [3.05, 3.63) is 94.1 Å². The van der Waals surface area contributed by atoms with Crippen LogP contribution in [0.3, 0.4) is 0 Å². The Bertz CT molecular complexity index is 1500. The molecule has 0 aliphatic carbocycles. The molecular formula is C34H44BrN2O3S+. The highest BCUT2D eigenvalue weighted by Gasteiger charge is 2.44. The summed E-state index contributed by atoms with van der Waals surface area (Å²) in [7, 11) is -3.95. The molecule has 2 aliphatic heterocycles. The van der Waals surface area contributed by atoms with Crippen LogP contribution in [-0.2, 0) is 20.9 Å². The van der Waals surface area contributed by atoms with E-state index >= 15 is 0 Å². The molecule has 0 spiro atoms. The van der Waals surface area contributed by atoms with Crippen LogP contribution in [0.25, 0.3) is 0 Å². The lowest BCUT2D eigenvalue weighted by molar-refractivity contribution is -0.438. The highest BCUT2D eigenvalue weighted by molar-refractivity contribution is 9.11. The van der Waals surface area contributed by atoms with Crippen LogP contribution in [-0.4, -0.2) is 42.1 Å². The van der Waals surface area contributed by atoms with Crippen LogP contribution in [0.1, 0.15) is 77.8 Å². The first-order valence-electron chi connectivity index (χ1n) is 14.7. The number of halogens is 1. The third-order valence-electron chi connectivity index (χ3n) is 8.42. The van der Waals surface area contributed by atoms with E-state index in [-0.39, 0.29) is 16.6 Å². The summed E-state index contributed by atoms with van der Waals surface area (Å²) in [5.74, 6) is -0.213. The van der Waals surface area contributed by atoms with Gasteiger partial charge in [-0.05, 0) is 63.0 Å². The minimum absolute atomic E-state index is 0.0843. The Labute approximate surface area is 255 Å². The van der Waals surface area contributed by atoms with Crippen molar-refractivity contribution >= 4 is 43.1 Å². The van der Waals surface area contributed by atoms with Gasteiger partial charge in [0.05, 0.1) is 11.2 Å². The second kappa shape index (κ2) is 12.8. The minimum Gasteiger partial charge on any atom is -0.344 e. The van der Waals surface area contributed by atoms with Crippen molar-refractivity contribution in [1.82, 2.24) is 0 Å². The van der Waals surface area contributed by atoms with E-state index in [0.717, 1.165) is 23.1 Å². The van der Waals surface area contributed by atoms with Crippen LogP contribution in [0.2, 0.25) is 0 Å². The fraction of sp³-hybridized carbons (Fsp3) is 0.441. The van der Waals surface area contributed by atoms with Crippen LogP contribution in [0.15, 0.2) is 83.0 Å². The lowest BCUT2D eigenvalue weighted by Crippen LogP contribution is -2.28. The molecule has 0 fully saturated rings. The SMILES string of the molecule is CCCCC[N+]1=C(/C=C/C(Br)=C/C=C2/N(CCCCS(=O)(=O)O)c3ccccc3C2(C)C)C(C)(C)c2ccccc21. The molecular weight excluding hydrogens is 596 g/mol. The minimum atomic E-state index is -3.95. The molecule has 1 N–H and O–H groups in total. The molecule has 0 amide bonds. The van der Waals surface area contributed by atoms with Crippen molar-refractivity contribution in [2.45, 2.75) is 77.6 Å². The summed E-state index contributed by atoms with van der Waals surface area (Å²) in [6.07, 6.45) is 13.4. The second-order valence-corrected chi connectivity index (χ2v) is 14.6. The number of rotatable bonds is 12. The van der Waals surface area contributed by atoms with Crippen molar-refractivity contribution in [1.29, 1.82) is 0 Å². The van der Waals surface area contributed by atoms with Gasteiger partial charge in [-0.15, -0.1) is 0 Å². The molecule has 7 heteroatoms. The molecule has 2 aromatic rings.